The third-order valence-corrected chi connectivity index (χ3v) is 3.51. The van der Waals surface area contributed by atoms with Gasteiger partial charge in [0.15, 0.2) is 0 Å². The highest BCUT2D eigenvalue weighted by Gasteiger charge is 2.04. The van der Waals surface area contributed by atoms with Gasteiger partial charge in [-0.25, -0.2) is 9.97 Å². The van der Waals surface area contributed by atoms with Gasteiger partial charge in [-0.2, -0.15) is 0 Å². The van der Waals surface area contributed by atoms with E-state index in [0.29, 0.717) is 0 Å². The minimum Gasteiger partial charge on any atom is -0.491 e. The van der Waals surface area contributed by atoms with E-state index in [1.165, 1.54) is 0 Å². The first kappa shape index (κ1) is 16.1. The zero-order valence-electron chi connectivity index (χ0n) is 14.4. The fourth-order valence-corrected chi connectivity index (χ4v) is 2.37. The second kappa shape index (κ2) is 6.74. The number of hydrogen-bond donors (Lipinski definition) is 1. The van der Waals surface area contributed by atoms with Crippen LogP contribution in [0.4, 0.5) is 5.82 Å². The Balaban J connectivity index is 1.79. The van der Waals surface area contributed by atoms with Crippen LogP contribution in [0, 0.1) is 0 Å². The molecule has 124 valence electrons. The first-order valence-corrected chi connectivity index (χ1v) is 7.99. The lowest BCUT2D eigenvalue weighted by atomic mass is 10.2. The summed E-state index contributed by atoms with van der Waals surface area (Å²) < 4.78 is 5.71. The molecule has 0 amide bonds. The summed E-state index contributed by atoms with van der Waals surface area (Å²) in [6.07, 6.45) is 5.95. The molecule has 2 aromatic heterocycles. The molecule has 0 aliphatic heterocycles. The molecular formula is C19H22N4O. The predicted octanol–water partition coefficient (Wildman–Crippen LogP) is 3.98. The maximum atomic E-state index is 5.71. The van der Waals surface area contributed by atoms with Crippen LogP contribution in [-0.4, -0.2) is 35.2 Å². The maximum Gasteiger partial charge on any atom is 0.131 e. The fourth-order valence-electron chi connectivity index (χ4n) is 2.37. The number of pyridine rings is 1. The largest absolute Gasteiger partial charge is 0.491 e. The molecule has 0 radical (unpaired) electrons. The van der Waals surface area contributed by atoms with Gasteiger partial charge in [0, 0.05) is 26.4 Å². The number of fused-ring (bicyclic) bond motifs is 1. The molecule has 0 bridgehead atoms. The molecule has 1 aromatic carbocycles. The number of ether oxygens (including phenoxy) is 1. The lowest BCUT2D eigenvalue weighted by molar-refractivity contribution is 0.242. The van der Waals surface area contributed by atoms with Crippen molar-refractivity contribution in [2.45, 2.75) is 20.0 Å². The highest BCUT2D eigenvalue weighted by Crippen LogP contribution is 2.21. The summed E-state index contributed by atoms with van der Waals surface area (Å²) in [4.78, 5) is 14.2. The molecule has 24 heavy (non-hydrogen) atoms. The lowest BCUT2D eigenvalue weighted by Gasteiger charge is -2.10. The van der Waals surface area contributed by atoms with Crippen LogP contribution in [-0.2, 0) is 0 Å². The Morgan fingerprint density at radius 1 is 1.12 bits per heavy atom. The summed E-state index contributed by atoms with van der Waals surface area (Å²) in [6, 6.07) is 9.92. The van der Waals surface area contributed by atoms with Crippen molar-refractivity contribution >= 4 is 29.0 Å². The maximum absolute atomic E-state index is 5.71. The summed E-state index contributed by atoms with van der Waals surface area (Å²) in [7, 11) is 3.95. The Bertz CT molecular complexity index is 847. The second-order valence-electron chi connectivity index (χ2n) is 6.15. The zero-order chi connectivity index (χ0) is 17.1. The number of H-pyrrole nitrogens is 1. The number of aromatic nitrogens is 3. The number of nitrogens with one attached hydrogen (secondary N) is 1. The SMILES string of the molecule is CC(C)Oc1ccc2nc(/C=C/c3ccc(N(C)C)nc3)[nH]c2c1. The van der Waals surface area contributed by atoms with Crippen LogP contribution in [0.25, 0.3) is 23.2 Å². The number of benzene rings is 1. The molecule has 0 spiro atoms. The molecule has 2 heterocycles. The van der Waals surface area contributed by atoms with Gasteiger partial charge in [-0.3, -0.25) is 0 Å². The van der Waals surface area contributed by atoms with Crippen LogP contribution in [0.15, 0.2) is 36.5 Å². The minimum atomic E-state index is 0.155. The van der Waals surface area contributed by atoms with Crippen molar-refractivity contribution in [2.24, 2.45) is 0 Å². The summed E-state index contributed by atoms with van der Waals surface area (Å²) in [5, 5.41) is 0. The van der Waals surface area contributed by atoms with Crippen molar-refractivity contribution in [1.29, 1.82) is 0 Å². The Morgan fingerprint density at radius 3 is 2.62 bits per heavy atom. The summed E-state index contributed by atoms with van der Waals surface area (Å²) >= 11 is 0. The van der Waals surface area contributed by atoms with Crippen molar-refractivity contribution in [1.82, 2.24) is 15.0 Å². The van der Waals surface area contributed by atoms with Crippen LogP contribution in [0.2, 0.25) is 0 Å². The Kier molecular flexibility index (Phi) is 4.51. The van der Waals surface area contributed by atoms with Gasteiger partial charge in [0.05, 0.1) is 17.1 Å². The molecule has 0 saturated carbocycles. The average molecular weight is 322 g/mol. The Hall–Kier alpha value is -2.82. The lowest BCUT2D eigenvalue weighted by Crippen LogP contribution is -2.09. The topological polar surface area (TPSA) is 54.0 Å². The van der Waals surface area contributed by atoms with E-state index < -0.39 is 0 Å². The van der Waals surface area contributed by atoms with E-state index in [2.05, 4.69) is 15.0 Å². The number of hydrogen-bond acceptors (Lipinski definition) is 4. The monoisotopic (exact) mass is 322 g/mol. The number of rotatable bonds is 5. The smallest absolute Gasteiger partial charge is 0.131 e. The highest BCUT2D eigenvalue weighted by molar-refractivity contribution is 5.80. The third kappa shape index (κ3) is 3.74. The van der Waals surface area contributed by atoms with Crippen LogP contribution >= 0.6 is 0 Å². The van der Waals surface area contributed by atoms with Gasteiger partial charge in [0.1, 0.15) is 17.4 Å². The first-order valence-electron chi connectivity index (χ1n) is 7.99. The van der Waals surface area contributed by atoms with Gasteiger partial charge in [0.25, 0.3) is 0 Å². The molecule has 5 heteroatoms. The van der Waals surface area contributed by atoms with Gasteiger partial charge in [-0.1, -0.05) is 0 Å². The molecule has 0 atom stereocenters. The normalized spacial score (nSPS) is 11.5. The van der Waals surface area contributed by atoms with Crippen molar-refractivity contribution in [3.63, 3.8) is 0 Å². The van der Waals surface area contributed by atoms with Gasteiger partial charge < -0.3 is 14.6 Å². The molecular weight excluding hydrogens is 300 g/mol. The van der Waals surface area contributed by atoms with E-state index >= 15 is 0 Å². The average Bonchev–Trinajstić information content (AvgIpc) is 2.95. The van der Waals surface area contributed by atoms with E-state index in [-0.39, 0.29) is 6.10 Å². The standard InChI is InChI=1S/C19H22N4O/c1-13(2)24-15-7-8-16-17(11-15)22-18(21-16)9-5-14-6-10-19(20-12-14)23(3)4/h5-13H,1-4H3,(H,21,22)/b9-5+. The quantitative estimate of drug-likeness (QED) is 0.772. The minimum absolute atomic E-state index is 0.155. The second-order valence-corrected chi connectivity index (χ2v) is 6.15. The molecule has 0 fully saturated rings. The molecule has 0 aliphatic carbocycles. The van der Waals surface area contributed by atoms with E-state index in [1.54, 1.807) is 0 Å². The third-order valence-electron chi connectivity index (χ3n) is 3.51. The summed E-state index contributed by atoms with van der Waals surface area (Å²) in [5.74, 6) is 2.59. The highest BCUT2D eigenvalue weighted by atomic mass is 16.5. The number of nitrogens with zero attached hydrogens (tertiary/aromatic N) is 3. The van der Waals surface area contributed by atoms with Crippen molar-refractivity contribution in [2.75, 3.05) is 19.0 Å². The van der Waals surface area contributed by atoms with Gasteiger partial charge in [-0.15, -0.1) is 0 Å². The van der Waals surface area contributed by atoms with Gasteiger partial charge in [-0.05, 0) is 55.8 Å². The molecule has 0 aliphatic rings. The fraction of sp³-hybridized carbons (Fsp3) is 0.263. The van der Waals surface area contributed by atoms with Crippen LogP contribution in [0.5, 0.6) is 5.75 Å². The summed E-state index contributed by atoms with van der Waals surface area (Å²) in [5.41, 5.74) is 2.92. The molecule has 0 unspecified atom stereocenters. The van der Waals surface area contributed by atoms with E-state index in [4.69, 9.17) is 4.74 Å². The Labute approximate surface area is 142 Å². The molecule has 3 aromatic rings. The number of anilines is 1. The van der Waals surface area contributed by atoms with Gasteiger partial charge in [0.2, 0.25) is 0 Å². The number of imidazole rings is 1. The zero-order valence-corrected chi connectivity index (χ0v) is 14.4. The predicted molar refractivity (Wildman–Crippen MR) is 99.3 cm³/mol. The van der Waals surface area contributed by atoms with E-state index in [0.717, 1.165) is 34.0 Å². The van der Waals surface area contributed by atoms with Crippen molar-refractivity contribution < 1.29 is 4.74 Å². The van der Waals surface area contributed by atoms with Crippen molar-refractivity contribution in [3.8, 4) is 5.75 Å². The number of aromatic amines is 1. The molecule has 1 N–H and O–H groups in total. The Morgan fingerprint density at radius 2 is 1.96 bits per heavy atom. The molecule has 3 rings (SSSR count). The molecule has 5 nitrogen and oxygen atoms in total. The molecule has 0 saturated heterocycles. The van der Waals surface area contributed by atoms with Crippen molar-refractivity contribution in [3.05, 3.63) is 47.9 Å². The van der Waals surface area contributed by atoms with E-state index in [9.17, 15) is 0 Å². The van der Waals surface area contributed by atoms with E-state index in [1.807, 2.05) is 81.5 Å². The summed E-state index contributed by atoms with van der Waals surface area (Å²) in [6.45, 7) is 4.03. The van der Waals surface area contributed by atoms with Crippen LogP contribution < -0.4 is 9.64 Å². The van der Waals surface area contributed by atoms with Crippen LogP contribution in [0.1, 0.15) is 25.2 Å². The van der Waals surface area contributed by atoms with Gasteiger partial charge >= 0.3 is 0 Å². The van der Waals surface area contributed by atoms with Crippen LogP contribution in [0.3, 0.4) is 0 Å². The first-order chi connectivity index (χ1) is 11.5.